The molecule has 0 bridgehead atoms. The molecule has 0 N–H and O–H groups in total. The van der Waals surface area contributed by atoms with Crippen molar-refractivity contribution >= 4 is 18.0 Å². The first-order valence-corrected chi connectivity index (χ1v) is 6.06. The van der Waals surface area contributed by atoms with Gasteiger partial charge in [-0.2, -0.15) is 0 Å². The van der Waals surface area contributed by atoms with Crippen LogP contribution in [0, 0.1) is 5.92 Å². The molecular weight excluding hydrogens is 244 g/mol. The molecule has 1 aromatic rings. The number of benzene rings is 1. The maximum atomic E-state index is 11.6. The van der Waals surface area contributed by atoms with E-state index in [2.05, 4.69) is 4.74 Å². The lowest BCUT2D eigenvalue weighted by molar-refractivity contribution is -0.166. The molecule has 1 aromatic carbocycles. The van der Waals surface area contributed by atoms with Gasteiger partial charge in [0.15, 0.2) is 0 Å². The molecule has 1 atom stereocenters. The molecule has 0 fully saturated rings. The lowest BCUT2D eigenvalue weighted by atomic mass is 10.1. The summed E-state index contributed by atoms with van der Waals surface area (Å²) >= 11 is 0. The van der Waals surface area contributed by atoms with Gasteiger partial charge in [0.05, 0.1) is 7.11 Å². The normalized spacial score (nSPS) is 12.4. The van der Waals surface area contributed by atoms with Gasteiger partial charge in [0.2, 0.25) is 6.10 Å². The Morgan fingerprint density at radius 3 is 2.32 bits per heavy atom. The van der Waals surface area contributed by atoms with Crippen LogP contribution in [-0.2, 0) is 19.1 Å². The Morgan fingerprint density at radius 2 is 1.79 bits per heavy atom. The van der Waals surface area contributed by atoms with Gasteiger partial charge in [-0.05, 0) is 11.6 Å². The second-order valence-electron chi connectivity index (χ2n) is 4.37. The quantitative estimate of drug-likeness (QED) is 0.604. The summed E-state index contributed by atoms with van der Waals surface area (Å²) in [4.78, 5) is 23.1. The topological polar surface area (TPSA) is 52.6 Å². The zero-order valence-corrected chi connectivity index (χ0v) is 11.3. The van der Waals surface area contributed by atoms with Crippen molar-refractivity contribution in [2.45, 2.75) is 20.0 Å². The highest BCUT2D eigenvalue weighted by Crippen LogP contribution is 2.10. The molecule has 19 heavy (non-hydrogen) atoms. The van der Waals surface area contributed by atoms with Gasteiger partial charge in [0, 0.05) is 12.0 Å². The molecule has 0 aromatic heterocycles. The highest BCUT2D eigenvalue weighted by atomic mass is 16.6. The largest absolute Gasteiger partial charge is 0.466 e. The van der Waals surface area contributed by atoms with Crippen LogP contribution in [0.3, 0.4) is 0 Å². The summed E-state index contributed by atoms with van der Waals surface area (Å²) in [5.74, 6) is -1.24. The van der Waals surface area contributed by atoms with E-state index >= 15 is 0 Å². The third-order valence-corrected chi connectivity index (χ3v) is 2.49. The minimum Gasteiger partial charge on any atom is -0.466 e. The maximum absolute atomic E-state index is 11.6. The zero-order chi connectivity index (χ0) is 14.3. The van der Waals surface area contributed by atoms with E-state index in [-0.39, 0.29) is 5.92 Å². The molecule has 0 heterocycles. The Bertz CT molecular complexity index is 448. The Hall–Kier alpha value is -2.10. The van der Waals surface area contributed by atoms with E-state index in [1.54, 1.807) is 19.9 Å². The first kappa shape index (κ1) is 15.0. The van der Waals surface area contributed by atoms with Crippen molar-refractivity contribution in [1.82, 2.24) is 0 Å². The fourth-order valence-electron chi connectivity index (χ4n) is 1.47. The molecule has 1 rings (SSSR count). The van der Waals surface area contributed by atoms with E-state index in [1.807, 2.05) is 30.3 Å². The summed E-state index contributed by atoms with van der Waals surface area (Å²) in [6.45, 7) is 3.57. The Labute approximate surface area is 113 Å². The van der Waals surface area contributed by atoms with E-state index in [1.165, 1.54) is 13.2 Å². The molecule has 0 aliphatic heterocycles. The van der Waals surface area contributed by atoms with Crippen molar-refractivity contribution in [3.05, 3.63) is 42.0 Å². The molecule has 1 unspecified atom stereocenters. The van der Waals surface area contributed by atoms with Gasteiger partial charge in [-0.1, -0.05) is 44.2 Å². The van der Waals surface area contributed by atoms with Gasteiger partial charge in [-0.15, -0.1) is 0 Å². The van der Waals surface area contributed by atoms with Crippen molar-refractivity contribution in [1.29, 1.82) is 0 Å². The molecule has 0 amide bonds. The van der Waals surface area contributed by atoms with Gasteiger partial charge in [-0.3, -0.25) is 0 Å². The predicted molar refractivity (Wildman–Crippen MR) is 72.2 cm³/mol. The third-order valence-electron chi connectivity index (χ3n) is 2.49. The summed E-state index contributed by atoms with van der Waals surface area (Å²) in [5.41, 5.74) is 0.888. The van der Waals surface area contributed by atoms with Crippen LogP contribution in [0.1, 0.15) is 19.4 Å². The van der Waals surface area contributed by atoms with Crippen LogP contribution in [0.25, 0.3) is 6.08 Å². The first-order valence-electron chi connectivity index (χ1n) is 6.06. The van der Waals surface area contributed by atoms with Crippen LogP contribution in [0.4, 0.5) is 0 Å². The summed E-state index contributed by atoms with van der Waals surface area (Å²) in [6, 6.07) is 9.36. The molecule has 0 spiro atoms. The number of hydrogen-bond acceptors (Lipinski definition) is 4. The molecule has 102 valence electrons. The number of esters is 2. The number of rotatable bonds is 5. The van der Waals surface area contributed by atoms with Crippen LogP contribution >= 0.6 is 0 Å². The fourth-order valence-corrected chi connectivity index (χ4v) is 1.47. The Morgan fingerprint density at radius 1 is 1.16 bits per heavy atom. The van der Waals surface area contributed by atoms with Crippen molar-refractivity contribution in [3.63, 3.8) is 0 Å². The zero-order valence-electron chi connectivity index (χ0n) is 11.3. The van der Waals surface area contributed by atoms with E-state index < -0.39 is 18.0 Å². The second kappa shape index (κ2) is 7.36. The summed E-state index contributed by atoms with van der Waals surface area (Å²) < 4.78 is 9.68. The average Bonchev–Trinajstić information content (AvgIpc) is 2.42. The molecule has 4 nitrogen and oxygen atoms in total. The van der Waals surface area contributed by atoms with Crippen LogP contribution in [0.5, 0.6) is 0 Å². The van der Waals surface area contributed by atoms with Crippen LogP contribution < -0.4 is 0 Å². The minimum absolute atomic E-state index is 0.137. The summed E-state index contributed by atoms with van der Waals surface area (Å²) in [7, 11) is 1.27. The second-order valence-corrected chi connectivity index (χ2v) is 4.37. The molecule has 0 radical (unpaired) electrons. The van der Waals surface area contributed by atoms with Crippen LogP contribution in [0.15, 0.2) is 36.4 Å². The van der Waals surface area contributed by atoms with Gasteiger partial charge in [-0.25, -0.2) is 9.59 Å². The van der Waals surface area contributed by atoms with Gasteiger partial charge >= 0.3 is 11.9 Å². The molecule has 0 saturated heterocycles. The van der Waals surface area contributed by atoms with Crippen molar-refractivity contribution in [2.24, 2.45) is 5.92 Å². The Kier molecular flexibility index (Phi) is 5.79. The maximum Gasteiger partial charge on any atom is 0.347 e. The number of carbonyl (C=O) groups excluding carboxylic acids is 2. The molecular formula is C15H18O4. The highest BCUT2D eigenvalue weighted by molar-refractivity contribution is 5.89. The number of methoxy groups -OCH3 is 1. The minimum atomic E-state index is -0.877. The van der Waals surface area contributed by atoms with E-state index in [0.717, 1.165) is 5.56 Å². The van der Waals surface area contributed by atoms with E-state index in [4.69, 9.17) is 4.74 Å². The number of carbonyl (C=O) groups is 2. The lowest BCUT2D eigenvalue weighted by Crippen LogP contribution is -2.32. The molecule has 4 heteroatoms. The SMILES string of the molecule is COC(=O)C(OC(=O)C=Cc1ccccc1)C(C)C. The monoisotopic (exact) mass is 262 g/mol. The van der Waals surface area contributed by atoms with E-state index in [9.17, 15) is 9.59 Å². The first-order chi connectivity index (χ1) is 9.04. The van der Waals surface area contributed by atoms with Crippen molar-refractivity contribution < 1.29 is 19.1 Å². The average molecular weight is 262 g/mol. The number of hydrogen-bond donors (Lipinski definition) is 0. The molecule has 0 aliphatic rings. The van der Waals surface area contributed by atoms with Gasteiger partial charge < -0.3 is 9.47 Å². The number of ether oxygens (including phenoxy) is 2. The lowest BCUT2D eigenvalue weighted by Gasteiger charge is -2.17. The van der Waals surface area contributed by atoms with E-state index in [0.29, 0.717) is 0 Å². The standard InChI is InChI=1S/C15H18O4/c1-11(2)14(15(17)18-3)19-13(16)10-9-12-7-5-4-6-8-12/h4-11,14H,1-3H3. The van der Waals surface area contributed by atoms with Crippen LogP contribution in [-0.4, -0.2) is 25.2 Å². The predicted octanol–water partition coefficient (Wildman–Crippen LogP) is 2.44. The van der Waals surface area contributed by atoms with Crippen molar-refractivity contribution in [2.75, 3.05) is 7.11 Å². The smallest absolute Gasteiger partial charge is 0.347 e. The summed E-state index contributed by atoms with van der Waals surface area (Å²) in [6.07, 6.45) is 2.06. The third kappa shape index (κ3) is 4.95. The summed E-state index contributed by atoms with van der Waals surface area (Å²) in [5, 5.41) is 0. The fraction of sp³-hybridized carbons (Fsp3) is 0.333. The molecule has 0 saturated carbocycles. The van der Waals surface area contributed by atoms with Gasteiger partial charge in [0.25, 0.3) is 0 Å². The molecule has 0 aliphatic carbocycles. The Balaban J connectivity index is 2.63. The van der Waals surface area contributed by atoms with Gasteiger partial charge in [0.1, 0.15) is 0 Å². The van der Waals surface area contributed by atoms with Crippen molar-refractivity contribution in [3.8, 4) is 0 Å². The van der Waals surface area contributed by atoms with Crippen LogP contribution in [0.2, 0.25) is 0 Å². The highest BCUT2D eigenvalue weighted by Gasteiger charge is 2.26.